The molecule has 0 aromatic carbocycles. The number of hydrogen-bond acceptors (Lipinski definition) is 3. The van der Waals surface area contributed by atoms with Crippen LogP contribution >= 0.6 is 15.9 Å². The lowest BCUT2D eigenvalue weighted by molar-refractivity contribution is 0.0657. The SMILES string of the molecule is Cc1cnc(NC2(C)CCOCC2)c(Br)c1. The first kappa shape index (κ1) is 11.9. The normalized spacial score (nSPS) is 19.4. The Kier molecular flexibility index (Phi) is 3.50. The van der Waals surface area contributed by atoms with Gasteiger partial charge in [-0.1, -0.05) is 0 Å². The highest BCUT2D eigenvalue weighted by Crippen LogP contribution is 2.28. The molecule has 2 rings (SSSR count). The maximum absolute atomic E-state index is 5.38. The number of halogens is 1. The van der Waals surface area contributed by atoms with Gasteiger partial charge < -0.3 is 10.1 Å². The Balaban J connectivity index is 2.13. The summed E-state index contributed by atoms with van der Waals surface area (Å²) in [5.74, 6) is 0.926. The zero-order chi connectivity index (χ0) is 11.6. The molecule has 1 fully saturated rings. The maximum Gasteiger partial charge on any atom is 0.140 e. The largest absolute Gasteiger partial charge is 0.381 e. The monoisotopic (exact) mass is 284 g/mol. The van der Waals surface area contributed by atoms with Crippen LogP contribution in [0, 0.1) is 6.92 Å². The number of pyridine rings is 1. The molecule has 0 unspecified atom stereocenters. The molecule has 2 heterocycles. The van der Waals surface area contributed by atoms with E-state index in [9.17, 15) is 0 Å². The topological polar surface area (TPSA) is 34.2 Å². The lowest BCUT2D eigenvalue weighted by Gasteiger charge is -2.35. The highest BCUT2D eigenvalue weighted by molar-refractivity contribution is 9.10. The highest BCUT2D eigenvalue weighted by atomic mass is 79.9. The van der Waals surface area contributed by atoms with E-state index in [-0.39, 0.29) is 5.54 Å². The first-order chi connectivity index (χ1) is 7.59. The van der Waals surface area contributed by atoms with Crippen molar-refractivity contribution in [3.63, 3.8) is 0 Å². The van der Waals surface area contributed by atoms with Gasteiger partial charge in [-0.15, -0.1) is 0 Å². The van der Waals surface area contributed by atoms with Gasteiger partial charge in [0.15, 0.2) is 0 Å². The fourth-order valence-electron chi connectivity index (χ4n) is 1.86. The minimum absolute atomic E-state index is 0.100. The third kappa shape index (κ3) is 2.74. The third-order valence-electron chi connectivity index (χ3n) is 2.99. The average molecular weight is 285 g/mol. The standard InChI is InChI=1S/C12H17BrN2O/c1-9-7-10(13)11(14-8-9)15-12(2)3-5-16-6-4-12/h7-8H,3-6H2,1-2H3,(H,14,15). The van der Waals surface area contributed by atoms with Crippen molar-refractivity contribution in [3.8, 4) is 0 Å². The fourth-order valence-corrected chi connectivity index (χ4v) is 2.42. The van der Waals surface area contributed by atoms with Crippen LogP contribution < -0.4 is 5.32 Å². The molecule has 1 aromatic rings. The Morgan fingerprint density at radius 2 is 2.12 bits per heavy atom. The second-order valence-corrected chi connectivity index (χ2v) is 5.50. The summed E-state index contributed by atoms with van der Waals surface area (Å²) >= 11 is 3.54. The van der Waals surface area contributed by atoms with Crippen molar-refractivity contribution in [1.29, 1.82) is 0 Å². The summed E-state index contributed by atoms with van der Waals surface area (Å²) < 4.78 is 6.41. The van der Waals surface area contributed by atoms with E-state index < -0.39 is 0 Å². The molecule has 1 aliphatic rings. The van der Waals surface area contributed by atoms with Crippen molar-refractivity contribution < 1.29 is 4.74 Å². The van der Waals surface area contributed by atoms with Crippen molar-refractivity contribution in [2.45, 2.75) is 32.2 Å². The van der Waals surface area contributed by atoms with Crippen molar-refractivity contribution in [1.82, 2.24) is 4.98 Å². The smallest absolute Gasteiger partial charge is 0.140 e. The second-order valence-electron chi connectivity index (χ2n) is 4.64. The van der Waals surface area contributed by atoms with Gasteiger partial charge in [-0.3, -0.25) is 0 Å². The summed E-state index contributed by atoms with van der Waals surface area (Å²) in [7, 11) is 0. The number of nitrogens with zero attached hydrogens (tertiary/aromatic N) is 1. The Hall–Kier alpha value is -0.610. The molecule has 1 aliphatic heterocycles. The zero-order valence-electron chi connectivity index (χ0n) is 9.72. The van der Waals surface area contributed by atoms with Gasteiger partial charge in [-0.05, 0) is 54.2 Å². The minimum atomic E-state index is 0.100. The van der Waals surface area contributed by atoms with E-state index in [1.165, 1.54) is 0 Å². The second kappa shape index (κ2) is 4.72. The molecule has 1 aromatic heterocycles. The van der Waals surface area contributed by atoms with Crippen LogP contribution in [-0.4, -0.2) is 23.7 Å². The Morgan fingerprint density at radius 3 is 2.75 bits per heavy atom. The molecule has 1 N–H and O–H groups in total. The summed E-state index contributed by atoms with van der Waals surface area (Å²) in [5.41, 5.74) is 1.26. The van der Waals surface area contributed by atoms with E-state index in [2.05, 4.69) is 39.2 Å². The van der Waals surface area contributed by atoms with E-state index in [1.807, 2.05) is 13.1 Å². The maximum atomic E-state index is 5.38. The summed E-state index contributed by atoms with van der Waals surface area (Å²) in [5, 5.41) is 3.51. The van der Waals surface area contributed by atoms with Gasteiger partial charge in [0.25, 0.3) is 0 Å². The van der Waals surface area contributed by atoms with Crippen LogP contribution in [0.25, 0.3) is 0 Å². The fraction of sp³-hybridized carbons (Fsp3) is 0.583. The predicted molar refractivity (Wildman–Crippen MR) is 68.8 cm³/mol. The molecule has 0 spiro atoms. The highest BCUT2D eigenvalue weighted by Gasteiger charge is 2.27. The number of aryl methyl sites for hydroxylation is 1. The van der Waals surface area contributed by atoms with Gasteiger partial charge in [-0.2, -0.15) is 0 Å². The first-order valence-corrected chi connectivity index (χ1v) is 6.36. The van der Waals surface area contributed by atoms with Crippen LogP contribution in [0.1, 0.15) is 25.3 Å². The molecule has 0 radical (unpaired) electrons. The molecule has 16 heavy (non-hydrogen) atoms. The molecule has 0 bridgehead atoms. The molecule has 0 saturated carbocycles. The summed E-state index contributed by atoms with van der Waals surface area (Å²) in [6, 6.07) is 2.08. The Morgan fingerprint density at radius 1 is 1.44 bits per heavy atom. The summed E-state index contributed by atoms with van der Waals surface area (Å²) in [4.78, 5) is 4.42. The molecule has 0 aliphatic carbocycles. The van der Waals surface area contributed by atoms with Gasteiger partial charge in [0.1, 0.15) is 5.82 Å². The Bertz CT molecular complexity index is 375. The van der Waals surface area contributed by atoms with Crippen molar-refractivity contribution in [2.75, 3.05) is 18.5 Å². The molecule has 88 valence electrons. The minimum Gasteiger partial charge on any atom is -0.381 e. The van der Waals surface area contributed by atoms with E-state index in [1.54, 1.807) is 0 Å². The van der Waals surface area contributed by atoms with Crippen LogP contribution in [0.4, 0.5) is 5.82 Å². The van der Waals surface area contributed by atoms with Crippen LogP contribution in [-0.2, 0) is 4.74 Å². The number of hydrogen-bond donors (Lipinski definition) is 1. The molecule has 3 nitrogen and oxygen atoms in total. The molecule has 0 atom stereocenters. The van der Waals surface area contributed by atoms with E-state index in [0.29, 0.717) is 0 Å². The van der Waals surface area contributed by atoms with Gasteiger partial charge in [-0.25, -0.2) is 4.98 Å². The van der Waals surface area contributed by atoms with E-state index in [4.69, 9.17) is 4.74 Å². The predicted octanol–water partition coefficient (Wildman–Crippen LogP) is 3.13. The molecular weight excluding hydrogens is 268 g/mol. The van der Waals surface area contributed by atoms with Crippen molar-refractivity contribution in [2.24, 2.45) is 0 Å². The third-order valence-corrected chi connectivity index (χ3v) is 3.60. The Labute approximate surface area is 105 Å². The molecular formula is C12H17BrN2O. The van der Waals surface area contributed by atoms with E-state index in [0.717, 1.165) is 41.9 Å². The summed E-state index contributed by atoms with van der Waals surface area (Å²) in [6.45, 7) is 5.92. The van der Waals surface area contributed by atoms with Gasteiger partial charge >= 0.3 is 0 Å². The lowest BCUT2D eigenvalue weighted by atomic mass is 9.92. The lowest BCUT2D eigenvalue weighted by Crippen LogP contribution is -2.41. The van der Waals surface area contributed by atoms with Gasteiger partial charge in [0.05, 0.1) is 4.47 Å². The number of rotatable bonds is 2. The number of nitrogens with one attached hydrogen (secondary N) is 1. The number of ether oxygens (including phenoxy) is 1. The number of aromatic nitrogens is 1. The number of anilines is 1. The molecule has 0 amide bonds. The van der Waals surface area contributed by atoms with Gasteiger partial charge in [0.2, 0.25) is 0 Å². The molecule has 1 saturated heterocycles. The van der Waals surface area contributed by atoms with Crippen LogP contribution in [0.3, 0.4) is 0 Å². The summed E-state index contributed by atoms with van der Waals surface area (Å²) in [6.07, 6.45) is 3.93. The first-order valence-electron chi connectivity index (χ1n) is 5.57. The quantitative estimate of drug-likeness (QED) is 0.906. The van der Waals surface area contributed by atoms with E-state index >= 15 is 0 Å². The van der Waals surface area contributed by atoms with Gasteiger partial charge in [0, 0.05) is 24.9 Å². The zero-order valence-corrected chi connectivity index (χ0v) is 11.3. The molecule has 4 heteroatoms. The van der Waals surface area contributed by atoms with Crippen LogP contribution in [0.2, 0.25) is 0 Å². The van der Waals surface area contributed by atoms with Crippen LogP contribution in [0.15, 0.2) is 16.7 Å². The van der Waals surface area contributed by atoms with Crippen molar-refractivity contribution in [3.05, 3.63) is 22.3 Å². The average Bonchev–Trinajstić information content (AvgIpc) is 2.23. The van der Waals surface area contributed by atoms with Crippen LogP contribution in [0.5, 0.6) is 0 Å². The van der Waals surface area contributed by atoms with Crippen molar-refractivity contribution >= 4 is 21.7 Å².